The molecular formula is C23H30N6O3. The minimum Gasteiger partial charge on any atom is -0.379 e. The first kappa shape index (κ1) is 22.2. The molecule has 2 fully saturated rings. The molecule has 0 unspecified atom stereocenters. The Kier molecular flexibility index (Phi) is 6.96. The molecule has 2 aromatic rings. The van der Waals surface area contributed by atoms with E-state index in [1.807, 2.05) is 18.2 Å². The number of amides is 2. The van der Waals surface area contributed by atoms with E-state index in [-0.39, 0.29) is 18.1 Å². The number of nitrogens with two attached hydrogens (primary N) is 1. The van der Waals surface area contributed by atoms with Crippen LogP contribution in [0.3, 0.4) is 0 Å². The van der Waals surface area contributed by atoms with Crippen molar-refractivity contribution in [3.8, 4) is 0 Å². The maximum absolute atomic E-state index is 12.1. The Labute approximate surface area is 187 Å². The van der Waals surface area contributed by atoms with Gasteiger partial charge in [0.2, 0.25) is 5.91 Å². The number of aromatic nitrogens is 2. The molecule has 4 N–H and O–H groups in total. The van der Waals surface area contributed by atoms with Crippen molar-refractivity contribution in [1.82, 2.24) is 15.3 Å². The van der Waals surface area contributed by atoms with Gasteiger partial charge in [-0.25, -0.2) is 0 Å². The Hall–Kier alpha value is -3.04. The molecule has 0 spiro atoms. The van der Waals surface area contributed by atoms with Gasteiger partial charge in [0.25, 0.3) is 5.91 Å². The number of pyridine rings is 2. The van der Waals surface area contributed by atoms with Gasteiger partial charge in [-0.15, -0.1) is 0 Å². The summed E-state index contributed by atoms with van der Waals surface area (Å²) in [6.45, 7) is 2.36. The molecule has 0 radical (unpaired) electrons. The number of carbonyl (C=O) groups excluding carboxylic acids is 2. The zero-order valence-electron chi connectivity index (χ0n) is 18.3. The van der Waals surface area contributed by atoms with E-state index in [4.69, 9.17) is 10.5 Å². The molecule has 9 heteroatoms. The Bertz CT molecular complexity index is 965. The number of hydrogen-bond acceptors (Lipinski definition) is 7. The van der Waals surface area contributed by atoms with Crippen LogP contribution in [0.5, 0.6) is 0 Å². The van der Waals surface area contributed by atoms with Gasteiger partial charge in [-0.2, -0.15) is 0 Å². The van der Waals surface area contributed by atoms with E-state index in [0.29, 0.717) is 24.1 Å². The Morgan fingerprint density at radius 3 is 2.84 bits per heavy atom. The highest BCUT2D eigenvalue weighted by Crippen LogP contribution is 2.23. The summed E-state index contributed by atoms with van der Waals surface area (Å²) in [5, 5.41) is 6.76. The van der Waals surface area contributed by atoms with Crippen molar-refractivity contribution in [3.05, 3.63) is 47.5 Å². The standard InChI is InChI=1S/C23H30N6O3/c1-32-21-14-25-8-7-19(21)28-20-11-16(27-13-18(20)23(24)31)10-15-5-6-17(12-26-15)29-9-3-2-4-22(29)30/h5-6,11-13,19,21,25H,2-4,7-10,14H2,1H3,(H2,24,31)(H,27,28)/t19-,21+/m1/s1. The number of ether oxygens (including phenoxy) is 1. The second-order valence-corrected chi connectivity index (χ2v) is 8.29. The highest BCUT2D eigenvalue weighted by molar-refractivity contribution is 5.98. The predicted octanol–water partition coefficient (Wildman–Crippen LogP) is 1.47. The van der Waals surface area contributed by atoms with Crippen LogP contribution < -0.4 is 21.3 Å². The minimum atomic E-state index is -0.525. The van der Waals surface area contributed by atoms with Crippen LogP contribution in [0.25, 0.3) is 0 Å². The molecule has 2 aromatic heterocycles. The first-order valence-electron chi connectivity index (χ1n) is 11.1. The van der Waals surface area contributed by atoms with Gasteiger partial charge in [0, 0.05) is 50.6 Å². The summed E-state index contributed by atoms with van der Waals surface area (Å²) in [5.41, 5.74) is 9.03. The summed E-state index contributed by atoms with van der Waals surface area (Å²) in [7, 11) is 1.69. The van der Waals surface area contributed by atoms with E-state index >= 15 is 0 Å². The zero-order chi connectivity index (χ0) is 22.5. The fourth-order valence-electron chi connectivity index (χ4n) is 4.30. The lowest BCUT2D eigenvalue weighted by Gasteiger charge is -2.32. The Balaban J connectivity index is 1.50. The molecule has 2 aliphatic heterocycles. The van der Waals surface area contributed by atoms with Crippen LogP contribution in [0.4, 0.5) is 11.4 Å². The summed E-state index contributed by atoms with van der Waals surface area (Å²) in [5.74, 6) is -0.374. The molecule has 4 rings (SSSR count). The maximum Gasteiger partial charge on any atom is 0.252 e. The normalized spacial score (nSPS) is 21.4. The third kappa shape index (κ3) is 5.05. The fraction of sp³-hybridized carbons (Fsp3) is 0.478. The number of nitrogens with zero attached hydrogens (tertiary/aromatic N) is 3. The molecule has 2 atom stereocenters. The molecule has 170 valence electrons. The van der Waals surface area contributed by atoms with Gasteiger partial charge in [0.05, 0.1) is 35.3 Å². The van der Waals surface area contributed by atoms with E-state index in [2.05, 4.69) is 20.6 Å². The molecule has 2 amide bonds. The molecule has 0 bridgehead atoms. The van der Waals surface area contributed by atoms with Gasteiger partial charge in [-0.05, 0) is 44.0 Å². The SMILES string of the molecule is CO[C@H]1CNCC[C@H]1Nc1cc(Cc2ccc(N3CCCCC3=O)cn2)ncc1C(N)=O. The fourth-order valence-corrected chi connectivity index (χ4v) is 4.30. The van der Waals surface area contributed by atoms with Crippen LogP contribution in [0.2, 0.25) is 0 Å². The lowest BCUT2D eigenvalue weighted by molar-refractivity contribution is -0.119. The molecule has 0 saturated carbocycles. The third-order valence-corrected chi connectivity index (χ3v) is 6.10. The number of primary amides is 1. The van der Waals surface area contributed by atoms with Crippen LogP contribution in [0, 0.1) is 0 Å². The van der Waals surface area contributed by atoms with Crippen molar-refractivity contribution >= 4 is 23.2 Å². The van der Waals surface area contributed by atoms with E-state index in [9.17, 15) is 9.59 Å². The molecule has 32 heavy (non-hydrogen) atoms. The molecule has 2 saturated heterocycles. The number of rotatable bonds is 7. The maximum atomic E-state index is 12.1. The topological polar surface area (TPSA) is 122 Å². The minimum absolute atomic E-state index is 0.00667. The molecule has 2 aliphatic rings. The van der Waals surface area contributed by atoms with E-state index in [1.165, 1.54) is 6.20 Å². The van der Waals surface area contributed by atoms with Crippen LogP contribution in [0.15, 0.2) is 30.6 Å². The average Bonchev–Trinajstić information content (AvgIpc) is 2.80. The average molecular weight is 439 g/mol. The van der Waals surface area contributed by atoms with Crippen molar-refractivity contribution in [1.29, 1.82) is 0 Å². The van der Waals surface area contributed by atoms with Gasteiger partial charge >= 0.3 is 0 Å². The van der Waals surface area contributed by atoms with Crippen molar-refractivity contribution in [2.45, 2.75) is 44.2 Å². The Morgan fingerprint density at radius 1 is 1.28 bits per heavy atom. The van der Waals surface area contributed by atoms with Gasteiger partial charge in [-0.1, -0.05) is 0 Å². The predicted molar refractivity (Wildman–Crippen MR) is 122 cm³/mol. The zero-order valence-corrected chi connectivity index (χ0v) is 18.3. The summed E-state index contributed by atoms with van der Waals surface area (Å²) in [6, 6.07) is 5.77. The van der Waals surface area contributed by atoms with E-state index in [0.717, 1.165) is 56.0 Å². The number of carbonyl (C=O) groups is 2. The highest BCUT2D eigenvalue weighted by atomic mass is 16.5. The number of piperidine rings is 2. The quantitative estimate of drug-likeness (QED) is 0.598. The first-order chi connectivity index (χ1) is 15.5. The number of methoxy groups -OCH3 is 1. The summed E-state index contributed by atoms with van der Waals surface area (Å²) >= 11 is 0. The number of nitrogens with one attached hydrogen (secondary N) is 2. The lowest BCUT2D eigenvalue weighted by Crippen LogP contribution is -2.48. The van der Waals surface area contributed by atoms with Crippen molar-refractivity contribution in [2.75, 3.05) is 37.0 Å². The molecule has 0 aliphatic carbocycles. The second-order valence-electron chi connectivity index (χ2n) is 8.29. The van der Waals surface area contributed by atoms with Gasteiger partial charge < -0.3 is 26.0 Å². The highest BCUT2D eigenvalue weighted by Gasteiger charge is 2.26. The summed E-state index contributed by atoms with van der Waals surface area (Å²) < 4.78 is 5.58. The number of hydrogen-bond donors (Lipinski definition) is 3. The van der Waals surface area contributed by atoms with Crippen LogP contribution >= 0.6 is 0 Å². The molecule has 9 nitrogen and oxygen atoms in total. The largest absolute Gasteiger partial charge is 0.379 e. The molecule has 4 heterocycles. The second kappa shape index (κ2) is 10.1. The summed E-state index contributed by atoms with van der Waals surface area (Å²) in [4.78, 5) is 34.8. The van der Waals surface area contributed by atoms with Crippen molar-refractivity contribution < 1.29 is 14.3 Å². The van der Waals surface area contributed by atoms with E-state index < -0.39 is 5.91 Å². The smallest absolute Gasteiger partial charge is 0.252 e. The molecular weight excluding hydrogens is 408 g/mol. The lowest BCUT2D eigenvalue weighted by atomic mass is 10.0. The van der Waals surface area contributed by atoms with Gasteiger partial charge in [0.15, 0.2) is 0 Å². The van der Waals surface area contributed by atoms with Crippen LogP contribution in [-0.4, -0.2) is 60.7 Å². The number of anilines is 2. The monoisotopic (exact) mass is 438 g/mol. The van der Waals surface area contributed by atoms with Crippen LogP contribution in [-0.2, 0) is 16.0 Å². The van der Waals surface area contributed by atoms with Crippen molar-refractivity contribution in [2.24, 2.45) is 5.73 Å². The van der Waals surface area contributed by atoms with Gasteiger partial charge in [-0.3, -0.25) is 19.6 Å². The van der Waals surface area contributed by atoms with Crippen LogP contribution in [0.1, 0.15) is 47.4 Å². The first-order valence-corrected chi connectivity index (χ1v) is 11.1. The third-order valence-electron chi connectivity index (χ3n) is 6.10. The Morgan fingerprint density at radius 2 is 2.12 bits per heavy atom. The van der Waals surface area contributed by atoms with Gasteiger partial charge in [0.1, 0.15) is 0 Å². The molecule has 0 aromatic carbocycles. The van der Waals surface area contributed by atoms with Crippen molar-refractivity contribution in [3.63, 3.8) is 0 Å². The van der Waals surface area contributed by atoms with E-state index in [1.54, 1.807) is 18.2 Å². The summed E-state index contributed by atoms with van der Waals surface area (Å²) in [6.07, 6.45) is 7.18.